The molecule has 7 heteroatoms. The van der Waals surface area contributed by atoms with Crippen LogP contribution in [0.1, 0.15) is 5.56 Å². The highest BCUT2D eigenvalue weighted by Crippen LogP contribution is 2.34. The van der Waals surface area contributed by atoms with Crippen LogP contribution in [0.15, 0.2) is 59.6 Å². The van der Waals surface area contributed by atoms with Gasteiger partial charge in [0.15, 0.2) is 0 Å². The van der Waals surface area contributed by atoms with E-state index in [1.807, 2.05) is 56.2 Å². The van der Waals surface area contributed by atoms with Crippen LogP contribution in [-0.2, 0) is 16.6 Å². The van der Waals surface area contributed by atoms with Crippen molar-refractivity contribution in [2.24, 2.45) is 5.14 Å². The van der Waals surface area contributed by atoms with Gasteiger partial charge in [-0.3, -0.25) is 4.68 Å². The number of benzene rings is 2. The molecule has 1 heterocycles. The van der Waals surface area contributed by atoms with Gasteiger partial charge in [0, 0.05) is 23.9 Å². The average molecular weight is 385 g/mol. The monoisotopic (exact) mass is 384 g/mol. The zero-order valence-corrected chi connectivity index (χ0v) is 16.6. The molecule has 0 saturated heterocycles. The van der Waals surface area contributed by atoms with Crippen molar-refractivity contribution in [1.82, 2.24) is 14.7 Å². The molecule has 2 N–H and O–H groups in total. The van der Waals surface area contributed by atoms with Crippen LogP contribution in [0.25, 0.3) is 22.4 Å². The highest BCUT2D eigenvalue weighted by atomic mass is 32.2. The van der Waals surface area contributed by atoms with E-state index in [9.17, 15) is 8.42 Å². The molecule has 6 nitrogen and oxygen atoms in total. The lowest BCUT2D eigenvalue weighted by molar-refractivity contribution is 0.373. The molecule has 0 unspecified atom stereocenters. The van der Waals surface area contributed by atoms with E-state index in [4.69, 9.17) is 10.2 Å². The number of nitrogens with two attached hydrogens (primary N) is 1. The van der Waals surface area contributed by atoms with E-state index in [2.05, 4.69) is 4.90 Å². The van der Waals surface area contributed by atoms with Crippen LogP contribution in [0.3, 0.4) is 0 Å². The summed E-state index contributed by atoms with van der Waals surface area (Å²) < 4.78 is 26.0. The predicted molar refractivity (Wildman–Crippen MR) is 108 cm³/mol. The maximum absolute atomic E-state index is 12.1. The highest BCUT2D eigenvalue weighted by Gasteiger charge is 2.20. The highest BCUT2D eigenvalue weighted by molar-refractivity contribution is 7.89. The summed E-state index contributed by atoms with van der Waals surface area (Å²) in [7, 11) is 0.142. The SMILES string of the molecule is Cc1ccc(-c2cn(CCN(C)C)nc2-c2ccccc2S(N)(=O)=O)cc1. The zero-order chi connectivity index (χ0) is 19.6. The number of hydrogen-bond acceptors (Lipinski definition) is 4. The first-order valence-corrected chi connectivity index (χ1v) is 10.2. The molecule has 3 aromatic rings. The van der Waals surface area contributed by atoms with E-state index >= 15 is 0 Å². The summed E-state index contributed by atoms with van der Waals surface area (Å²) in [5, 5.41) is 10.1. The fraction of sp³-hybridized carbons (Fsp3) is 0.250. The van der Waals surface area contributed by atoms with Gasteiger partial charge in [0.2, 0.25) is 10.0 Å². The third-order valence-electron chi connectivity index (χ3n) is 4.35. The number of primary sulfonamides is 1. The van der Waals surface area contributed by atoms with Crippen molar-refractivity contribution in [3.05, 3.63) is 60.3 Å². The van der Waals surface area contributed by atoms with Crippen molar-refractivity contribution >= 4 is 10.0 Å². The van der Waals surface area contributed by atoms with Crippen LogP contribution < -0.4 is 5.14 Å². The van der Waals surface area contributed by atoms with E-state index in [0.29, 0.717) is 17.8 Å². The fourth-order valence-electron chi connectivity index (χ4n) is 2.89. The fourth-order valence-corrected chi connectivity index (χ4v) is 3.63. The van der Waals surface area contributed by atoms with Gasteiger partial charge in [-0.25, -0.2) is 13.6 Å². The number of aryl methyl sites for hydroxylation is 1. The number of hydrogen-bond donors (Lipinski definition) is 1. The minimum Gasteiger partial charge on any atom is -0.308 e. The first-order valence-electron chi connectivity index (χ1n) is 8.67. The Morgan fingerprint density at radius 3 is 2.33 bits per heavy atom. The third-order valence-corrected chi connectivity index (χ3v) is 5.32. The molecule has 0 radical (unpaired) electrons. The number of sulfonamides is 1. The van der Waals surface area contributed by atoms with Crippen molar-refractivity contribution in [1.29, 1.82) is 0 Å². The lowest BCUT2D eigenvalue weighted by Crippen LogP contribution is -2.18. The quantitative estimate of drug-likeness (QED) is 0.708. The number of aromatic nitrogens is 2. The lowest BCUT2D eigenvalue weighted by Gasteiger charge is -2.09. The molecule has 0 spiro atoms. The molecule has 27 heavy (non-hydrogen) atoms. The smallest absolute Gasteiger partial charge is 0.238 e. The minimum absolute atomic E-state index is 0.0798. The molecule has 2 aromatic carbocycles. The second-order valence-electron chi connectivity index (χ2n) is 6.86. The molecule has 1 aromatic heterocycles. The number of likely N-dealkylation sites (N-methyl/N-ethyl adjacent to an activating group) is 1. The Balaban J connectivity index is 2.18. The summed E-state index contributed by atoms with van der Waals surface area (Å²) in [6.45, 7) is 3.55. The molecule has 0 atom stereocenters. The predicted octanol–water partition coefficient (Wildman–Crippen LogP) is 2.73. The van der Waals surface area contributed by atoms with E-state index in [0.717, 1.165) is 23.2 Å². The number of rotatable bonds is 6. The van der Waals surface area contributed by atoms with Gasteiger partial charge >= 0.3 is 0 Å². The second-order valence-corrected chi connectivity index (χ2v) is 8.39. The van der Waals surface area contributed by atoms with Crippen LogP contribution in [0.5, 0.6) is 0 Å². The summed E-state index contributed by atoms with van der Waals surface area (Å²) >= 11 is 0. The number of nitrogens with zero attached hydrogens (tertiary/aromatic N) is 3. The van der Waals surface area contributed by atoms with Crippen LogP contribution >= 0.6 is 0 Å². The standard InChI is InChI=1S/C20H24N4O2S/c1-15-8-10-16(11-9-15)18-14-24(13-12-23(2)3)22-20(18)17-6-4-5-7-19(17)27(21,25)26/h4-11,14H,12-13H2,1-3H3,(H2,21,25,26). The van der Waals surface area contributed by atoms with Crippen molar-refractivity contribution < 1.29 is 8.42 Å². The Labute approximate surface area is 160 Å². The largest absolute Gasteiger partial charge is 0.308 e. The summed E-state index contributed by atoms with van der Waals surface area (Å²) in [5.41, 5.74) is 4.15. The molecular formula is C20H24N4O2S. The van der Waals surface area contributed by atoms with Crippen LogP contribution in [0.2, 0.25) is 0 Å². The summed E-state index contributed by atoms with van der Waals surface area (Å²) in [6.07, 6.45) is 1.96. The third kappa shape index (κ3) is 4.44. The topological polar surface area (TPSA) is 81.2 Å². The zero-order valence-electron chi connectivity index (χ0n) is 15.8. The second kappa shape index (κ2) is 7.64. The summed E-state index contributed by atoms with van der Waals surface area (Å²) in [6, 6.07) is 14.8. The van der Waals surface area contributed by atoms with Gasteiger partial charge in [-0.15, -0.1) is 0 Å². The van der Waals surface area contributed by atoms with Gasteiger partial charge < -0.3 is 4.90 Å². The first-order chi connectivity index (χ1) is 12.8. The summed E-state index contributed by atoms with van der Waals surface area (Å²) in [5.74, 6) is 0. The van der Waals surface area contributed by atoms with Crippen molar-refractivity contribution in [3.63, 3.8) is 0 Å². The van der Waals surface area contributed by atoms with Gasteiger partial charge in [0.05, 0.1) is 11.4 Å². The molecule has 0 bridgehead atoms. The van der Waals surface area contributed by atoms with E-state index in [-0.39, 0.29) is 4.90 Å². The molecule has 0 fully saturated rings. The Hall–Kier alpha value is -2.48. The van der Waals surface area contributed by atoms with Gasteiger partial charge in [-0.2, -0.15) is 5.10 Å². The molecule has 142 valence electrons. The van der Waals surface area contributed by atoms with Crippen LogP contribution in [0.4, 0.5) is 0 Å². The molecule has 3 rings (SSSR count). The Bertz CT molecular complexity index is 1040. The van der Waals surface area contributed by atoms with Crippen LogP contribution in [0, 0.1) is 6.92 Å². The van der Waals surface area contributed by atoms with E-state index in [1.54, 1.807) is 18.2 Å². The van der Waals surface area contributed by atoms with Gasteiger partial charge in [-0.1, -0.05) is 48.0 Å². The normalized spacial score (nSPS) is 11.9. The Morgan fingerprint density at radius 1 is 1.04 bits per heavy atom. The molecular weight excluding hydrogens is 360 g/mol. The molecule has 0 aliphatic rings. The van der Waals surface area contributed by atoms with E-state index in [1.165, 1.54) is 6.07 Å². The van der Waals surface area contributed by atoms with Crippen molar-refractivity contribution in [2.75, 3.05) is 20.6 Å². The Morgan fingerprint density at radius 2 is 1.70 bits per heavy atom. The average Bonchev–Trinajstić information content (AvgIpc) is 3.04. The van der Waals surface area contributed by atoms with Crippen LogP contribution in [-0.4, -0.2) is 43.7 Å². The molecule has 0 amide bonds. The first kappa shape index (κ1) is 19.3. The van der Waals surface area contributed by atoms with Gasteiger partial charge in [0.25, 0.3) is 0 Å². The maximum Gasteiger partial charge on any atom is 0.238 e. The Kier molecular flexibility index (Phi) is 5.46. The molecule has 0 aliphatic carbocycles. The van der Waals surface area contributed by atoms with E-state index < -0.39 is 10.0 Å². The van der Waals surface area contributed by atoms with Gasteiger partial charge in [0.1, 0.15) is 5.69 Å². The van der Waals surface area contributed by atoms with Crippen molar-refractivity contribution in [2.45, 2.75) is 18.4 Å². The minimum atomic E-state index is -3.86. The van der Waals surface area contributed by atoms with Crippen molar-refractivity contribution in [3.8, 4) is 22.4 Å². The molecule has 0 saturated carbocycles. The van der Waals surface area contributed by atoms with Gasteiger partial charge in [-0.05, 0) is 32.6 Å². The maximum atomic E-state index is 12.1. The summed E-state index contributed by atoms with van der Waals surface area (Å²) in [4.78, 5) is 2.15. The lowest BCUT2D eigenvalue weighted by atomic mass is 10.0. The molecule has 0 aliphatic heterocycles.